The number of nitrogens with one attached hydrogen (secondary N) is 1. The normalized spacial score (nSPS) is 29.7. The van der Waals surface area contributed by atoms with Crippen molar-refractivity contribution in [2.45, 2.75) is 32.3 Å². The summed E-state index contributed by atoms with van der Waals surface area (Å²) >= 11 is 0. The van der Waals surface area contributed by atoms with Gasteiger partial charge in [-0.25, -0.2) is 12.7 Å². The monoisotopic (exact) mass is 276 g/mol. The smallest absolute Gasteiger partial charge is 0.214 e. The lowest BCUT2D eigenvalue weighted by atomic mass is 10.1. The zero-order valence-electron chi connectivity index (χ0n) is 11.1. The molecule has 0 amide bonds. The van der Waals surface area contributed by atoms with Crippen molar-refractivity contribution in [1.29, 1.82) is 0 Å². The number of ether oxygens (including phenoxy) is 1. The SMILES string of the molecule is CC1CN(CCCOC2CCNCC2)S(=O)(=O)C1. The number of sulfonamides is 1. The average molecular weight is 276 g/mol. The van der Waals surface area contributed by atoms with Gasteiger partial charge in [0.25, 0.3) is 0 Å². The molecule has 6 heteroatoms. The number of rotatable bonds is 5. The van der Waals surface area contributed by atoms with Gasteiger partial charge in [-0.3, -0.25) is 0 Å². The van der Waals surface area contributed by atoms with Gasteiger partial charge in [-0.15, -0.1) is 0 Å². The Morgan fingerprint density at radius 3 is 2.67 bits per heavy atom. The summed E-state index contributed by atoms with van der Waals surface area (Å²) in [4.78, 5) is 0. The van der Waals surface area contributed by atoms with E-state index in [0.29, 0.717) is 31.6 Å². The summed E-state index contributed by atoms with van der Waals surface area (Å²) in [6.07, 6.45) is 3.30. The quantitative estimate of drug-likeness (QED) is 0.740. The number of hydrogen-bond acceptors (Lipinski definition) is 4. The molecule has 106 valence electrons. The number of hydrogen-bond donors (Lipinski definition) is 1. The highest BCUT2D eigenvalue weighted by Gasteiger charge is 2.32. The molecule has 2 saturated heterocycles. The molecule has 5 nitrogen and oxygen atoms in total. The van der Waals surface area contributed by atoms with Crippen molar-refractivity contribution in [3.05, 3.63) is 0 Å². The van der Waals surface area contributed by atoms with Crippen LogP contribution in [0.5, 0.6) is 0 Å². The zero-order chi connectivity index (χ0) is 13.0. The molecule has 0 saturated carbocycles. The van der Waals surface area contributed by atoms with E-state index in [1.165, 1.54) is 0 Å². The van der Waals surface area contributed by atoms with Crippen molar-refractivity contribution in [2.75, 3.05) is 38.5 Å². The first-order valence-corrected chi connectivity index (χ1v) is 8.49. The van der Waals surface area contributed by atoms with Gasteiger partial charge in [0.15, 0.2) is 0 Å². The van der Waals surface area contributed by atoms with Crippen LogP contribution in [0, 0.1) is 5.92 Å². The minimum atomic E-state index is -2.97. The molecule has 2 fully saturated rings. The third-order valence-corrected chi connectivity index (χ3v) is 5.70. The van der Waals surface area contributed by atoms with E-state index in [2.05, 4.69) is 5.32 Å². The van der Waals surface area contributed by atoms with Crippen LogP contribution in [0.2, 0.25) is 0 Å². The van der Waals surface area contributed by atoms with Crippen LogP contribution in [0.3, 0.4) is 0 Å². The molecule has 2 aliphatic rings. The lowest BCUT2D eigenvalue weighted by Gasteiger charge is -2.23. The molecular weight excluding hydrogens is 252 g/mol. The predicted octanol–water partition coefficient (Wildman–Crippen LogP) is 0.427. The van der Waals surface area contributed by atoms with Crippen LogP contribution in [0.4, 0.5) is 0 Å². The van der Waals surface area contributed by atoms with Gasteiger partial charge in [0.1, 0.15) is 0 Å². The van der Waals surface area contributed by atoms with Gasteiger partial charge < -0.3 is 10.1 Å². The molecule has 1 unspecified atom stereocenters. The zero-order valence-corrected chi connectivity index (χ0v) is 11.9. The van der Waals surface area contributed by atoms with Gasteiger partial charge in [0.2, 0.25) is 10.0 Å². The molecule has 1 N–H and O–H groups in total. The van der Waals surface area contributed by atoms with E-state index in [4.69, 9.17) is 4.74 Å². The Kier molecular flexibility index (Phi) is 5.00. The highest BCUT2D eigenvalue weighted by atomic mass is 32.2. The molecule has 2 rings (SSSR count). The van der Waals surface area contributed by atoms with Crippen LogP contribution in [-0.2, 0) is 14.8 Å². The lowest BCUT2D eigenvalue weighted by Crippen LogP contribution is -2.33. The minimum Gasteiger partial charge on any atom is -0.378 e. The Morgan fingerprint density at radius 2 is 2.06 bits per heavy atom. The van der Waals surface area contributed by atoms with Gasteiger partial charge in [0, 0.05) is 19.7 Å². The Bertz CT molecular complexity index is 352. The van der Waals surface area contributed by atoms with Gasteiger partial charge in [-0.1, -0.05) is 6.92 Å². The largest absolute Gasteiger partial charge is 0.378 e. The van der Waals surface area contributed by atoms with E-state index in [9.17, 15) is 8.42 Å². The Labute approximate surface area is 110 Å². The fourth-order valence-electron chi connectivity index (χ4n) is 2.66. The highest BCUT2D eigenvalue weighted by molar-refractivity contribution is 7.89. The van der Waals surface area contributed by atoms with Crippen molar-refractivity contribution >= 4 is 10.0 Å². The molecule has 0 aromatic carbocycles. The summed E-state index contributed by atoms with van der Waals surface area (Å²) in [6.45, 7) is 6.01. The summed E-state index contributed by atoms with van der Waals surface area (Å²) in [5.74, 6) is 0.572. The second-order valence-corrected chi connectivity index (χ2v) is 7.43. The maximum atomic E-state index is 11.7. The van der Waals surface area contributed by atoms with Crippen LogP contribution >= 0.6 is 0 Å². The minimum absolute atomic E-state index is 0.264. The second-order valence-electron chi connectivity index (χ2n) is 5.42. The van der Waals surface area contributed by atoms with Crippen molar-refractivity contribution in [3.8, 4) is 0 Å². The Hall–Kier alpha value is -0.170. The molecule has 0 aromatic heterocycles. The Morgan fingerprint density at radius 1 is 1.33 bits per heavy atom. The van der Waals surface area contributed by atoms with Crippen molar-refractivity contribution < 1.29 is 13.2 Å². The summed E-state index contributed by atoms with van der Waals surface area (Å²) in [7, 11) is -2.97. The van der Waals surface area contributed by atoms with E-state index in [0.717, 1.165) is 32.4 Å². The summed E-state index contributed by atoms with van der Waals surface area (Å²) < 4.78 is 30.9. The van der Waals surface area contributed by atoms with E-state index >= 15 is 0 Å². The van der Waals surface area contributed by atoms with Crippen molar-refractivity contribution in [1.82, 2.24) is 9.62 Å². The van der Waals surface area contributed by atoms with Crippen LogP contribution < -0.4 is 5.32 Å². The van der Waals surface area contributed by atoms with E-state index < -0.39 is 10.0 Å². The molecule has 2 heterocycles. The van der Waals surface area contributed by atoms with E-state index in [1.807, 2.05) is 6.92 Å². The van der Waals surface area contributed by atoms with Crippen LogP contribution in [0.15, 0.2) is 0 Å². The topological polar surface area (TPSA) is 58.6 Å². The van der Waals surface area contributed by atoms with Gasteiger partial charge in [-0.05, 0) is 38.3 Å². The first-order chi connectivity index (χ1) is 8.58. The molecule has 18 heavy (non-hydrogen) atoms. The highest BCUT2D eigenvalue weighted by Crippen LogP contribution is 2.19. The molecule has 1 atom stereocenters. The standard InChI is InChI=1S/C12H24N2O3S/c1-11-9-14(18(15,16)10-11)7-2-8-17-12-3-5-13-6-4-12/h11-13H,2-10H2,1H3. The molecular formula is C12H24N2O3S. The lowest BCUT2D eigenvalue weighted by molar-refractivity contribution is 0.0301. The Balaban J connectivity index is 1.63. The molecule has 0 bridgehead atoms. The first-order valence-electron chi connectivity index (χ1n) is 6.88. The van der Waals surface area contributed by atoms with E-state index in [1.54, 1.807) is 4.31 Å². The van der Waals surface area contributed by atoms with E-state index in [-0.39, 0.29) is 5.92 Å². The van der Waals surface area contributed by atoms with Gasteiger partial charge in [-0.2, -0.15) is 0 Å². The van der Waals surface area contributed by atoms with Crippen molar-refractivity contribution in [3.63, 3.8) is 0 Å². The summed E-state index contributed by atoms with van der Waals surface area (Å²) in [5.41, 5.74) is 0. The molecule has 0 spiro atoms. The third-order valence-electron chi connectivity index (χ3n) is 3.60. The van der Waals surface area contributed by atoms with Crippen LogP contribution in [-0.4, -0.2) is 57.4 Å². The third kappa shape index (κ3) is 3.91. The summed E-state index contributed by atoms with van der Waals surface area (Å²) in [6, 6.07) is 0. The molecule has 0 aliphatic carbocycles. The molecule has 2 aliphatic heterocycles. The first kappa shape index (κ1) is 14.2. The number of piperidine rings is 1. The van der Waals surface area contributed by atoms with Crippen LogP contribution in [0.25, 0.3) is 0 Å². The van der Waals surface area contributed by atoms with Crippen LogP contribution in [0.1, 0.15) is 26.2 Å². The van der Waals surface area contributed by atoms with Gasteiger partial charge in [0.05, 0.1) is 11.9 Å². The summed E-state index contributed by atoms with van der Waals surface area (Å²) in [5, 5.41) is 3.30. The van der Waals surface area contributed by atoms with Crippen molar-refractivity contribution in [2.24, 2.45) is 5.92 Å². The predicted molar refractivity (Wildman–Crippen MR) is 71.0 cm³/mol. The molecule has 0 radical (unpaired) electrons. The average Bonchev–Trinajstić information content (AvgIpc) is 2.59. The molecule has 0 aromatic rings. The number of nitrogens with zero attached hydrogens (tertiary/aromatic N) is 1. The van der Waals surface area contributed by atoms with Gasteiger partial charge >= 0.3 is 0 Å². The fourth-order valence-corrected chi connectivity index (χ4v) is 4.59. The maximum absolute atomic E-state index is 11.7. The second kappa shape index (κ2) is 6.32. The maximum Gasteiger partial charge on any atom is 0.214 e. The fraction of sp³-hybridized carbons (Fsp3) is 1.00.